The molecule has 0 spiro atoms. The van der Waals surface area contributed by atoms with Crippen LogP contribution in [0.4, 0.5) is 0 Å². The molecular weight excluding hydrogens is 276 g/mol. The second-order valence-electron chi connectivity index (χ2n) is 4.36. The minimum absolute atomic E-state index is 0.348. The number of carbonyl (C=O) groups is 1. The number of halogens is 1. The fourth-order valence-corrected chi connectivity index (χ4v) is 2.04. The molecule has 2 aromatic carbocycles. The molecule has 20 heavy (non-hydrogen) atoms. The molecule has 3 nitrogen and oxygen atoms in total. The summed E-state index contributed by atoms with van der Waals surface area (Å²) in [5.74, 6) is 1.01. The largest absolute Gasteiger partial charge is 0.493 e. The van der Waals surface area contributed by atoms with E-state index < -0.39 is 0 Å². The molecule has 0 bridgehead atoms. The van der Waals surface area contributed by atoms with Crippen molar-refractivity contribution in [2.45, 2.75) is 13.5 Å². The van der Waals surface area contributed by atoms with Gasteiger partial charge in [0.25, 0.3) is 0 Å². The van der Waals surface area contributed by atoms with Gasteiger partial charge in [0.05, 0.1) is 12.1 Å². The summed E-state index contributed by atoms with van der Waals surface area (Å²) < 4.78 is 11.0. The van der Waals surface area contributed by atoms with Gasteiger partial charge >= 0.3 is 0 Å². The van der Waals surface area contributed by atoms with E-state index in [-0.39, 0.29) is 0 Å². The molecule has 0 saturated carbocycles. The molecular formula is C16H15ClO3. The maximum Gasteiger partial charge on any atom is 0.163 e. The van der Waals surface area contributed by atoms with Crippen molar-refractivity contribution in [3.8, 4) is 11.5 Å². The zero-order valence-electron chi connectivity index (χ0n) is 11.4. The van der Waals surface area contributed by atoms with Crippen molar-refractivity contribution >= 4 is 17.9 Å². The van der Waals surface area contributed by atoms with Gasteiger partial charge in [-0.1, -0.05) is 35.9 Å². The van der Waals surface area contributed by atoms with Crippen molar-refractivity contribution < 1.29 is 14.3 Å². The van der Waals surface area contributed by atoms with Gasteiger partial charge in [-0.05, 0) is 24.1 Å². The maximum absolute atomic E-state index is 10.8. The second kappa shape index (κ2) is 6.44. The van der Waals surface area contributed by atoms with Crippen molar-refractivity contribution in [2.24, 2.45) is 0 Å². The first kappa shape index (κ1) is 14.4. The molecule has 0 aliphatic carbocycles. The number of aryl methyl sites for hydroxylation is 1. The Morgan fingerprint density at radius 1 is 1.20 bits per heavy atom. The van der Waals surface area contributed by atoms with E-state index in [4.69, 9.17) is 21.1 Å². The average molecular weight is 291 g/mol. The van der Waals surface area contributed by atoms with E-state index in [9.17, 15) is 4.79 Å². The van der Waals surface area contributed by atoms with Gasteiger partial charge in [-0.3, -0.25) is 4.79 Å². The SMILES string of the molecule is COc1cc(C=O)c(Cl)cc1OCc1ccccc1C. The topological polar surface area (TPSA) is 35.5 Å². The van der Waals surface area contributed by atoms with Crippen LogP contribution in [0.3, 0.4) is 0 Å². The summed E-state index contributed by atoms with van der Waals surface area (Å²) in [5.41, 5.74) is 2.62. The molecule has 0 heterocycles. The highest BCUT2D eigenvalue weighted by atomic mass is 35.5. The summed E-state index contributed by atoms with van der Waals surface area (Å²) in [5, 5.41) is 0.348. The van der Waals surface area contributed by atoms with Crippen LogP contribution in [0.25, 0.3) is 0 Å². The summed E-state index contributed by atoms with van der Waals surface area (Å²) in [6.45, 7) is 2.44. The first-order chi connectivity index (χ1) is 9.65. The summed E-state index contributed by atoms with van der Waals surface area (Å²) in [4.78, 5) is 10.8. The third-order valence-corrected chi connectivity index (χ3v) is 3.38. The fourth-order valence-electron chi connectivity index (χ4n) is 1.84. The van der Waals surface area contributed by atoms with Gasteiger partial charge in [0, 0.05) is 11.6 Å². The van der Waals surface area contributed by atoms with Crippen molar-refractivity contribution in [2.75, 3.05) is 7.11 Å². The summed E-state index contributed by atoms with van der Waals surface area (Å²) in [6.07, 6.45) is 0.690. The Bertz CT molecular complexity index is 623. The lowest BCUT2D eigenvalue weighted by Gasteiger charge is -2.13. The Morgan fingerprint density at radius 3 is 2.60 bits per heavy atom. The van der Waals surface area contributed by atoms with Gasteiger partial charge in [-0.15, -0.1) is 0 Å². The number of hydrogen-bond acceptors (Lipinski definition) is 3. The van der Waals surface area contributed by atoms with E-state index in [2.05, 4.69) is 0 Å². The molecule has 0 aliphatic rings. The summed E-state index contributed by atoms with van der Waals surface area (Å²) in [6, 6.07) is 11.1. The molecule has 2 rings (SSSR count). The van der Waals surface area contributed by atoms with Crippen molar-refractivity contribution in [1.29, 1.82) is 0 Å². The third kappa shape index (κ3) is 3.11. The zero-order chi connectivity index (χ0) is 14.5. The number of benzene rings is 2. The Labute approximate surface area is 123 Å². The van der Waals surface area contributed by atoms with Gasteiger partial charge in [0.1, 0.15) is 6.61 Å². The first-order valence-corrected chi connectivity index (χ1v) is 6.53. The number of ether oxygens (including phenoxy) is 2. The standard InChI is InChI=1S/C16H15ClO3/c1-11-5-3-4-6-12(11)10-20-16-8-14(17)13(9-18)7-15(16)19-2/h3-9H,10H2,1-2H3. The molecule has 0 unspecified atom stereocenters. The molecule has 104 valence electrons. The summed E-state index contributed by atoms with van der Waals surface area (Å²) in [7, 11) is 1.53. The monoisotopic (exact) mass is 290 g/mol. The maximum atomic E-state index is 10.8. The van der Waals surface area contributed by atoms with E-state index in [0.717, 1.165) is 11.1 Å². The second-order valence-corrected chi connectivity index (χ2v) is 4.76. The Morgan fingerprint density at radius 2 is 1.95 bits per heavy atom. The number of aldehydes is 1. The normalized spacial score (nSPS) is 10.2. The van der Waals surface area contributed by atoms with Crippen LogP contribution in [0.15, 0.2) is 36.4 Å². The number of rotatable bonds is 5. The van der Waals surface area contributed by atoms with Crippen LogP contribution in [0.1, 0.15) is 21.5 Å². The van der Waals surface area contributed by atoms with Crippen LogP contribution in [0, 0.1) is 6.92 Å². The van der Waals surface area contributed by atoms with E-state index >= 15 is 0 Å². The van der Waals surface area contributed by atoms with Crippen LogP contribution >= 0.6 is 11.6 Å². The Balaban J connectivity index is 2.23. The Kier molecular flexibility index (Phi) is 4.64. The first-order valence-electron chi connectivity index (χ1n) is 6.15. The molecule has 0 N–H and O–H groups in total. The van der Waals surface area contributed by atoms with Crippen LogP contribution in [-0.2, 0) is 6.61 Å². The molecule has 0 saturated heterocycles. The molecule has 0 amide bonds. The van der Waals surface area contributed by atoms with Crippen molar-refractivity contribution in [3.05, 3.63) is 58.1 Å². The van der Waals surface area contributed by atoms with Gasteiger partial charge in [0.15, 0.2) is 17.8 Å². The fraction of sp³-hybridized carbons (Fsp3) is 0.188. The van der Waals surface area contributed by atoms with Crippen LogP contribution in [-0.4, -0.2) is 13.4 Å². The van der Waals surface area contributed by atoms with Crippen LogP contribution in [0.5, 0.6) is 11.5 Å². The zero-order valence-corrected chi connectivity index (χ0v) is 12.1. The number of hydrogen-bond donors (Lipinski definition) is 0. The predicted molar refractivity (Wildman–Crippen MR) is 78.9 cm³/mol. The smallest absolute Gasteiger partial charge is 0.163 e. The van der Waals surface area contributed by atoms with Gasteiger partial charge < -0.3 is 9.47 Å². The van der Waals surface area contributed by atoms with Crippen molar-refractivity contribution in [3.63, 3.8) is 0 Å². The summed E-state index contributed by atoms with van der Waals surface area (Å²) >= 11 is 6.00. The minimum Gasteiger partial charge on any atom is -0.493 e. The molecule has 4 heteroatoms. The van der Waals surface area contributed by atoms with E-state index in [1.165, 1.54) is 7.11 Å². The number of carbonyl (C=O) groups excluding carboxylic acids is 1. The average Bonchev–Trinajstić information content (AvgIpc) is 2.46. The van der Waals surface area contributed by atoms with Gasteiger partial charge in [0.2, 0.25) is 0 Å². The predicted octanol–water partition coefficient (Wildman–Crippen LogP) is 4.05. The molecule has 0 atom stereocenters. The molecule has 0 fully saturated rings. The highest BCUT2D eigenvalue weighted by molar-refractivity contribution is 6.33. The van der Waals surface area contributed by atoms with Gasteiger partial charge in [-0.25, -0.2) is 0 Å². The molecule has 0 aromatic heterocycles. The lowest BCUT2D eigenvalue weighted by molar-refractivity contribution is 0.112. The minimum atomic E-state index is 0.348. The van der Waals surface area contributed by atoms with E-state index in [1.54, 1.807) is 12.1 Å². The quantitative estimate of drug-likeness (QED) is 0.779. The van der Waals surface area contributed by atoms with E-state index in [0.29, 0.717) is 35.0 Å². The molecule has 0 aliphatic heterocycles. The third-order valence-electron chi connectivity index (χ3n) is 3.05. The molecule has 0 radical (unpaired) electrons. The van der Waals surface area contributed by atoms with Crippen LogP contribution < -0.4 is 9.47 Å². The van der Waals surface area contributed by atoms with E-state index in [1.807, 2.05) is 31.2 Å². The van der Waals surface area contributed by atoms with Gasteiger partial charge in [-0.2, -0.15) is 0 Å². The Hall–Kier alpha value is -2.00. The van der Waals surface area contributed by atoms with Crippen molar-refractivity contribution in [1.82, 2.24) is 0 Å². The highest BCUT2D eigenvalue weighted by Gasteiger charge is 2.10. The lowest BCUT2D eigenvalue weighted by atomic mass is 10.1. The highest BCUT2D eigenvalue weighted by Crippen LogP contribution is 2.33. The number of methoxy groups -OCH3 is 1. The lowest BCUT2D eigenvalue weighted by Crippen LogP contribution is -2.00. The van der Waals surface area contributed by atoms with Crippen LogP contribution in [0.2, 0.25) is 5.02 Å². The molecule has 2 aromatic rings.